The average molecular weight is 400 g/mol. The molecule has 0 radical (unpaired) electrons. The van der Waals surface area contributed by atoms with Crippen molar-refractivity contribution in [3.8, 4) is 6.07 Å². The van der Waals surface area contributed by atoms with Crippen LogP contribution in [0.3, 0.4) is 0 Å². The Balaban J connectivity index is 2.14. The molecule has 1 aliphatic heterocycles. The van der Waals surface area contributed by atoms with Gasteiger partial charge in [0.25, 0.3) is 0 Å². The van der Waals surface area contributed by atoms with Gasteiger partial charge in [-0.25, -0.2) is 9.97 Å². The molecule has 0 aliphatic carbocycles. The second-order valence-corrected chi connectivity index (χ2v) is 5.48. The summed E-state index contributed by atoms with van der Waals surface area (Å²) in [4.78, 5) is 8.73. The third kappa shape index (κ3) is 2.40. The van der Waals surface area contributed by atoms with Crippen LogP contribution in [0.1, 0.15) is 29.7 Å². The molecule has 0 aromatic carbocycles. The number of fused-ring (bicyclic) bond motifs is 1. The van der Waals surface area contributed by atoms with Gasteiger partial charge in [0.1, 0.15) is 52.9 Å². The van der Waals surface area contributed by atoms with E-state index in [0.29, 0.717) is 23.5 Å². The number of hydrogen-bond acceptors (Lipinski definition) is 6. The second kappa shape index (κ2) is 5.49. The predicted octanol–water partition coefficient (Wildman–Crippen LogP) is 1.89. The van der Waals surface area contributed by atoms with E-state index in [1.54, 1.807) is 40.7 Å². The van der Waals surface area contributed by atoms with Crippen LogP contribution in [0.15, 0.2) is 6.20 Å². The van der Waals surface area contributed by atoms with Crippen LogP contribution in [0.25, 0.3) is 11.0 Å². The Bertz CT molecular complexity index is 739. The topological polar surface area (TPSA) is 93.2 Å². The van der Waals surface area contributed by atoms with Crippen molar-refractivity contribution in [1.82, 2.24) is 14.5 Å². The summed E-state index contributed by atoms with van der Waals surface area (Å²) >= 11 is 1.70. The molecule has 2 aromatic heterocycles. The lowest BCUT2D eigenvalue weighted by Gasteiger charge is -2.14. The minimum absolute atomic E-state index is 0.379. The molecule has 7 nitrogen and oxygen atoms in total. The Morgan fingerprint density at radius 3 is 2.90 bits per heavy atom. The van der Waals surface area contributed by atoms with Crippen LogP contribution in [-0.2, 0) is 7.80 Å². The predicted molar refractivity (Wildman–Crippen MR) is 81.4 cm³/mol. The van der Waals surface area contributed by atoms with Crippen molar-refractivity contribution < 1.29 is 12.9 Å². The molecule has 1 N–H and O–H groups in total. The summed E-state index contributed by atoms with van der Waals surface area (Å²) in [5.41, 5.74) is 1.90. The highest BCUT2D eigenvalue weighted by molar-refractivity contribution is 14.1. The molecule has 1 fully saturated rings. The van der Waals surface area contributed by atoms with Crippen molar-refractivity contribution >= 4 is 34.0 Å². The molecule has 0 amide bonds. The number of nitrogens with zero attached hydrogens (tertiary/aromatic N) is 4. The normalized spacial score (nSPS) is 25.4. The van der Waals surface area contributed by atoms with Crippen molar-refractivity contribution in [2.45, 2.75) is 38.9 Å². The summed E-state index contributed by atoms with van der Waals surface area (Å²) in [6, 6.07) is 2.16. The maximum atomic E-state index is 9.90. The largest absolute Gasteiger partial charge is 0.388 e. The fourth-order valence-electron chi connectivity index (χ4n) is 2.64. The van der Waals surface area contributed by atoms with E-state index in [1.165, 1.54) is 0 Å². The Morgan fingerprint density at radius 2 is 2.29 bits per heavy atom. The molecule has 3 heterocycles. The molecule has 110 valence electrons. The Hall–Kier alpha value is -1.28. The number of rotatable bonds is 2. The van der Waals surface area contributed by atoms with Crippen molar-refractivity contribution in [3.05, 3.63) is 23.3 Å². The highest BCUT2D eigenvalue weighted by Gasteiger charge is 2.36. The van der Waals surface area contributed by atoms with Crippen LogP contribution < -0.4 is 0 Å². The van der Waals surface area contributed by atoms with Gasteiger partial charge in [-0.05, 0) is 13.8 Å². The standard InChI is InChI=1S/C13H13IN4O3/c1-6-11-8(4-15)5-18(12(11)17-7(2)16-6)10-3-9(19)13(20-10)21-14/h5,9-10,13,19H,3H2,1-2H3/t9-,10?,13?/m0/s1. The summed E-state index contributed by atoms with van der Waals surface area (Å²) in [6.45, 7) is 3.65. The van der Waals surface area contributed by atoms with Crippen molar-refractivity contribution in [2.75, 3.05) is 0 Å². The molecule has 0 spiro atoms. The van der Waals surface area contributed by atoms with E-state index in [0.717, 1.165) is 11.1 Å². The third-order valence-corrected chi connectivity index (χ3v) is 4.03. The minimum atomic E-state index is -0.709. The summed E-state index contributed by atoms with van der Waals surface area (Å²) in [7, 11) is 0. The van der Waals surface area contributed by atoms with Gasteiger partial charge < -0.3 is 14.4 Å². The maximum Gasteiger partial charge on any atom is 0.197 e. The Morgan fingerprint density at radius 1 is 1.52 bits per heavy atom. The van der Waals surface area contributed by atoms with Gasteiger partial charge in [0.2, 0.25) is 0 Å². The molecule has 21 heavy (non-hydrogen) atoms. The minimum Gasteiger partial charge on any atom is -0.388 e. The molecule has 0 saturated carbocycles. The van der Waals surface area contributed by atoms with Gasteiger partial charge in [0, 0.05) is 12.6 Å². The highest BCUT2D eigenvalue weighted by Crippen LogP contribution is 2.34. The quantitative estimate of drug-likeness (QED) is 0.775. The summed E-state index contributed by atoms with van der Waals surface area (Å²) in [5, 5.41) is 19.9. The zero-order chi connectivity index (χ0) is 15.1. The lowest BCUT2D eigenvalue weighted by atomic mass is 10.2. The first-order valence-electron chi connectivity index (χ1n) is 6.42. The Labute approximate surface area is 135 Å². The van der Waals surface area contributed by atoms with Gasteiger partial charge in [-0.2, -0.15) is 5.26 Å². The van der Waals surface area contributed by atoms with Gasteiger partial charge in [-0.15, -0.1) is 0 Å². The second-order valence-electron chi connectivity index (χ2n) is 4.97. The highest BCUT2D eigenvalue weighted by atomic mass is 127. The van der Waals surface area contributed by atoms with E-state index < -0.39 is 18.6 Å². The lowest BCUT2D eigenvalue weighted by molar-refractivity contribution is -0.104. The van der Waals surface area contributed by atoms with E-state index in [-0.39, 0.29) is 0 Å². The summed E-state index contributed by atoms with van der Waals surface area (Å²) in [6.07, 6.45) is 0.267. The third-order valence-electron chi connectivity index (χ3n) is 3.53. The van der Waals surface area contributed by atoms with Gasteiger partial charge in [0.05, 0.1) is 16.6 Å². The van der Waals surface area contributed by atoms with Gasteiger partial charge in [-0.3, -0.25) is 3.07 Å². The van der Waals surface area contributed by atoms with Crippen molar-refractivity contribution in [1.29, 1.82) is 5.26 Å². The van der Waals surface area contributed by atoms with E-state index >= 15 is 0 Å². The van der Waals surface area contributed by atoms with Crippen LogP contribution in [-0.4, -0.2) is 32.0 Å². The summed E-state index contributed by atoms with van der Waals surface area (Å²) < 4.78 is 12.5. The van der Waals surface area contributed by atoms with Gasteiger partial charge in [-0.1, -0.05) is 0 Å². The molecule has 1 aliphatic rings. The molecule has 2 aromatic rings. The van der Waals surface area contributed by atoms with Crippen LogP contribution in [0.4, 0.5) is 0 Å². The first-order chi connectivity index (χ1) is 10.0. The molecule has 0 bridgehead atoms. The molecule has 8 heteroatoms. The zero-order valence-electron chi connectivity index (χ0n) is 11.4. The van der Waals surface area contributed by atoms with Crippen LogP contribution >= 0.6 is 23.0 Å². The lowest BCUT2D eigenvalue weighted by Crippen LogP contribution is -2.20. The van der Waals surface area contributed by atoms with Gasteiger partial charge >= 0.3 is 0 Å². The number of nitriles is 1. The molecular formula is C13H13IN4O3. The van der Waals surface area contributed by atoms with E-state index in [4.69, 9.17) is 7.80 Å². The number of hydrogen-bond donors (Lipinski definition) is 1. The van der Waals surface area contributed by atoms with Gasteiger partial charge in [0.15, 0.2) is 6.29 Å². The van der Waals surface area contributed by atoms with E-state index in [9.17, 15) is 10.4 Å². The summed E-state index contributed by atoms with van der Waals surface area (Å²) in [5.74, 6) is 0.629. The number of aryl methyl sites for hydroxylation is 2. The fraction of sp³-hybridized carbons (Fsp3) is 0.462. The number of ether oxygens (including phenoxy) is 1. The van der Waals surface area contributed by atoms with E-state index in [1.807, 2.05) is 6.92 Å². The maximum absolute atomic E-state index is 9.90. The fourth-order valence-corrected chi connectivity index (χ4v) is 3.10. The smallest absolute Gasteiger partial charge is 0.197 e. The van der Waals surface area contributed by atoms with E-state index in [2.05, 4.69) is 16.0 Å². The zero-order valence-corrected chi connectivity index (χ0v) is 13.6. The molecule has 3 atom stereocenters. The number of aliphatic hydroxyl groups excluding tert-OH is 1. The van der Waals surface area contributed by atoms with Crippen LogP contribution in [0.5, 0.6) is 0 Å². The van der Waals surface area contributed by atoms with Crippen LogP contribution in [0.2, 0.25) is 0 Å². The van der Waals surface area contributed by atoms with Crippen LogP contribution in [0, 0.1) is 25.2 Å². The number of aromatic nitrogens is 3. The monoisotopic (exact) mass is 400 g/mol. The average Bonchev–Trinajstić information content (AvgIpc) is 2.98. The molecule has 2 unspecified atom stereocenters. The molecule has 1 saturated heterocycles. The molecule has 3 rings (SSSR count). The van der Waals surface area contributed by atoms with Crippen molar-refractivity contribution in [2.24, 2.45) is 0 Å². The first kappa shape index (κ1) is 14.6. The number of halogens is 1. The SMILES string of the molecule is Cc1nc(C)c2c(C#N)cn(C3C[C@H](O)C(OI)O3)c2n1. The Kier molecular flexibility index (Phi) is 3.83. The first-order valence-corrected chi connectivity index (χ1v) is 7.30. The van der Waals surface area contributed by atoms with Crippen molar-refractivity contribution in [3.63, 3.8) is 0 Å². The molecular weight excluding hydrogens is 387 g/mol. The number of aliphatic hydroxyl groups is 1.